The number of carbonyl (C=O) groups is 2. The Morgan fingerprint density at radius 3 is 2.27 bits per heavy atom. The topological polar surface area (TPSA) is 87.7 Å². The Morgan fingerprint density at radius 2 is 1.82 bits per heavy atom. The van der Waals surface area contributed by atoms with Crippen molar-refractivity contribution in [3.05, 3.63) is 29.8 Å². The Bertz CT molecular complexity index is 502. The SMILES string of the molecule is CCC(CO)NC(=O)c1ccc(NC(=O)OC(C)(C)C)cc1. The Labute approximate surface area is 130 Å². The molecule has 1 unspecified atom stereocenters. The molecular formula is C16H24N2O4. The molecule has 2 amide bonds. The summed E-state index contributed by atoms with van der Waals surface area (Å²) in [6.07, 6.45) is 0.108. The zero-order valence-electron chi connectivity index (χ0n) is 13.5. The van der Waals surface area contributed by atoms with E-state index < -0.39 is 11.7 Å². The molecule has 0 bridgehead atoms. The van der Waals surface area contributed by atoms with E-state index >= 15 is 0 Å². The fourth-order valence-electron chi connectivity index (χ4n) is 1.67. The predicted octanol–water partition coefficient (Wildman–Crippen LogP) is 2.53. The number of ether oxygens (including phenoxy) is 1. The highest BCUT2D eigenvalue weighted by Crippen LogP contribution is 2.13. The fraction of sp³-hybridized carbons (Fsp3) is 0.500. The summed E-state index contributed by atoms with van der Waals surface area (Å²) in [5.74, 6) is -0.260. The van der Waals surface area contributed by atoms with Gasteiger partial charge in [0.2, 0.25) is 0 Å². The molecule has 1 atom stereocenters. The first kappa shape index (κ1) is 18.0. The van der Waals surface area contributed by atoms with Crippen molar-refractivity contribution in [1.82, 2.24) is 5.32 Å². The van der Waals surface area contributed by atoms with Crippen molar-refractivity contribution in [1.29, 1.82) is 0 Å². The van der Waals surface area contributed by atoms with E-state index in [0.717, 1.165) is 0 Å². The summed E-state index contributed by atoms with van der Waals surface area (Å²) in [5.41, 5.74) is 0.435. The molecule has 122 valence electrons. The highest BCUT2D eigenvalue weighted by molar-refractivity contribution is 5.95. The van der Waals surface area contributed by atoms with Gasteiger partial charge in [-0.05, 0) is 51.5 Å². The highest BCUT2D eigenvalue weighted by Gasteiger charge is 2.16. The lowest BCUT2D eigenvalue weighted by molar-refractivity contribution is 0.0635. The molecule has 0 heterocycles. The van der Waals surface area contributed by atoms with E-state index in [2.05, 4.69) is 10.6 Å². The molecule has 1 aromatic carbocycles. The van der Waals surface area contributed by atoms with Gasteiger partial charge < -0.3 is 15.2 Å². The van der Waals surface area contributed by atoms with E-state index in [1.807, 2.05) is 6.92 Å². The average Bonchev–Trinajstić information content (AvgIpc) is 2.43. The first-order valence-electron chi connectivity index (χ1n) is 7.27. The maximum Gasteiger partial charge on any atom is 0.412 e. The van der Waals surface area contributed by atoms with Crippen molar-refractivity contribution in [2.75, 3.05) is 11.9 Å². The quantitative estimate of drug-likeness (QED) is 0.780. The van der Waals surface area contributed by atoms with Crippen LogP contribution in [0, 0.1) is 0 Å². The lowest BCUT2D eigenvalue weighted by Crippen LogP contribution is -2.36. The molecule has 1 aromatic rings. The minimum absolute atomic E-state index is 0.0967. The van der Waals surface area contributed by atoms with Crippen LogP contribution in [-0.2, 0) is 4.74 Å². The van der Waals surface area contributed by atoms with E-state index in [1.54, 1.807) is 45.0 Å². The van der Waals surface area contributed by atoms with Crippen LogP contribution in [0.5, 0.6) is 0 Å². The first-order chi connectivity index (χ1) is 10.2. The van der Waals surface area contributed by atoms with Crippen LogP contribution in [0.4, 0.5) is 10.5 Å². The molecule has 1 rings (SSSR count). The summed E-state index contributed by atoms with van der Waals surface area (Å²) in [7, 11) is 0. The lowest BCUT2D eigenvalue weighted by atomic mass is 10.1. The molecule has 0 saturated heterocycles. The maximum atomic E-state index is 12.0. The molecule has 0 aliphatic heterocycles. The highest BCUT2D eigenvalue weighted by atomic mass is 16.6. The zero-order valence-corrected chi connectivity index (χ0v) is 13.5. The molecule has 0 aromatic heterocycles. The number of carbonyl (C=O) groups excluding carboxylic acids is 2. The Kier molecular flexibility index (Phi) is 6.37. The lowest BCUT2D eigenvalue weighted by Gasteiger charge is -2.19. The van der Waals surface area contributed by atoms with E-state index in [0.29, 0.717) is 17.7 Å². The van der Waals surface area contributed by atoms with E-state index in [4.69, 9.17) is 9.84 Å². The van der Waals surface area contributed by atoms with Crippen LogP contribution in [0.25, 0.3) is 0 Å². The third-order valence-corrected chi connectivity index (χ3v) is 2.84. The fourth-order valence-corrected chi connectivity index (χ4v) is 1.67. The van der Waals surface area contributed by atoms with Crippen LogP contribution in [0.3, 0.4) is 0 Å². The van der Waals surface area contributed by atoms with Crippen LogP contribution in [0.15, 0.2) is 24.3 Å². The Hall–Kier alpha value is -2.08. The molecule has 0 fully saturated rings. The Balaban J connectivity index is 2.63. The van der Waals surface area contributed by atoms with E-state index in [-0.39, 0.29) is 18.6 Å². The van der Waals surface area contributed by atoms with Gasteiger partial charge in [0, 0.05) is 11.3 Å². The molecule has 6 nitrogen and oxygen atoms in total. The van der Waals surface area contributed by atoms with Crippen molar-refractivity contribution in [3.8, 4) is 0 Å². The van der Waals surface area contributed by atoms with Crippen molar-refractivity contribution in [3.63, 3.8) is 0 Å². The number of benzene rings is 1. The average molecular weight is 308 g/mol. The largest absolute Gasteiger partial charge is 0.444 e. The number of aliphatic hydroxyl groups is 1. The predicted molar refractivity (Wildman–Crippen MR) is 84.9 cm³/mol. The normalized spacial score (nSPS) is 12.4. The van der Waals surface area contributed by atoms with Gasteiger partial charge in [-0.1, -0.05) is 6.92 Å². The molecule has 0 aliphatic rings. The molecule has 3 N–H and O–H groups in total. The number of hydrogen-bond donors (Lipinski definition) is 3. The van der Waals surface area contributed by atoms with Gasteiger partial charge in [0.15, 0.2) is 0 Å². The summed E-state index contributed by atoms with van der Waals surface area (Å²) >= 11 is 0. The van der Waals surface area contributed by atoms with Crippen molar-refractivity contribution in [2.24, 2.45) is 0 Å². The summed E-state index contributed by atoms with van der Waals surface area (Å²) in [6.45, 7) is 7.14. The zero-order chi connectivity index (χ0) is 16.8. The molecule has 0 spiro atoms. The minimum Gasteiger partial charge on any atom is -0.444 e. The minimum atomic E-state index is -0.566. The van der Waals surface area contributed by atoms with Crippen molar-refractivity contribution < 1.29 is 19.4 Å². The summed E-state index contributed by atoms with van der Waals surface area (Å²) in [4.78, 5) is 23.6. The monoisotopic (exact) mass is 308 g/mol. The molecule has 22 heavy (non-hydrogen) atoms. The second-order valence-corrected chi connectivity index (χ2v) is 5.97. The van der Waals surface area contributed by atoms with Crippen LogP contribution in [0.2, 0.25) is 0 Å². The third kappa shape index (κ3) is 6.13. The van der Waals surface area contributed by atoms with Crippen LogP contribution in [-0.4, -0.2) is 35.4 Å². The molecule has 6 heteroatoms. The van der Waals surface area contributed by atoms with Crippen LogP contribution >= 0.6 is 0 Å². The van der Waals surface area contributed by atoms with Crippen LogP contribution < -0.4 is 10.6 Å². The second kappa shape index (κ2) is 7.79. The van der Waals surface area contributed by atoms with Gasteiger partial charge in [-0.2, -0.15) is 0 Å². The molecule has 0 radical (unpaired) electrons. The van der Waals surface area contributed by atoms with Crippen molar-refractivity contribution >= 4 is 17.7 Å². The third-order valence-electron chi connectivity index (χ3n) is 2.84. The Morgan fingerprint density at radius 1 is 1.23 bits per heavy atom. The first-order valence-corrected chi connectivity index (χ1v) is 7.27. The smallest absolute Gasteiger partial charge is 0.412 e. The summed E-state index contributed by atoms with van der Waals surface area (Å²) in [5, 5.41) is 14.4. The number of rotatable bonds is 5. The van der Waals surface area contributed by atoms with Gasteiger partial charge in [-0.25, -0.2) is 4.79 Å². The number of hydrogen-bond acceptors (Lipinski definition) is 4. The van der Waals surface area contributed by atoms with Crippen LogP contribution in [0.1, 0.15) is 44.5 Å². The number of anilines is 1. The summed E-state index contributed by atoms with van der Waals surface area (Å²) in [6, 6.07) is 6.20. The molecular weight excluding hydrogens is 284 g/mol. The van der Waals surface area contributed by atoms with E-state index in [9.17, 15) is 9.59 Å². The summed E-state index contributed by atoms with van der Waals surface area (Å²) < 4.78 is 5.14. The number of amides is 2. The number of aliphatic hydroxyl groups excluding tert-OH is 1. The van der Waals surface area contributed by atoms with Gasteiger partial charge >= 0.3 is 6.09 Å². The number of nitrogens with one attached hydrogen (secondary N) is 2. The van der Waals surface area contributed by atoms with Gasteiger partial charge in [0.05, 0.1) is 12.6 Å². The van der Waals surface area contributed by atoms with Gasteiger partial charge in [0.1, 0.15) is 5.60 Å². The maximum absolute atomic E-state index is 12.0. The van der Waals surface area contributed by atoms with Crippen molar-refractivity contribution in [2.45, 2.75) is 45.8 Å². The van der Waals surface area contributed by atoms with Gasteiger partial charge in [-0.15, -0.1) is 0 Å². The molecule has 0 saturated carbocycles. The van der Waals surface area contributed by atoms with E-state index in [1.165, 1.54) is 0 Å². The van der Waals surface area contributed by atoms with Gasteiger partial charge in [-0.3, -0.25) is 10.1 Å². The van der Waals surface area contributed by atoms with Gasteiger partial charge in [0.25, 0.3) is 5.91 Å². The molecule has 0 aliphatic carbocycles. The second-order valence-electron chi connectivity index (χ2n) is 5.97. The standard InChI is InChI=1S/C16H24N2O4/c1-5-12(10-19)17-14(20)11-6-8-13(9-7-11)18-15(21)22-16(2,3)4/h6-9,12,19H,5,10H2,1-4H3,(H,17,20)(H,18,21).